The van der Waals surface area contributed by atoms with Crippen molar-refractivity contribution in [1.82, 2.24) is 15.0 Å². The van der Waals surface area contributed by atoms with E-state index in [4.69, 9.17) is 16.3 Å². The summed E-state index contributed by atoms with van der Waals surface area (Å²) < 4.78 is 5.76. The number of methoxy groups -OCH3 is 1. The molecule has 0 aliphatic carbocycles. The third-order valence-electron chi connectivity index (χ3n) is 4.26. The van der Waals surface area contributed by atoms with Crippen molar-refractivity contribution in [3.63, 3.8) is 0 Å². The molecule has 0 saturated carbocycles. The first-order chi connectivity index (χ1) is 12.7. The number of piperazine rings is 1. The maximum atomic E-state index is 11.9. The largest absolute Gasteiger partial charge is 0.463 e. The van der Waals surface area contributed by atoms with E-state index >= 15 is 0 Å². The average molecular weight is 390 g/mol. The molecule has 1 saturated heterocycles. The number of ether oxygens (including phenoxy) is 1. The summed E-state index contributed by atoms with van der Waals surface area (Å²) >= 11 is 7.64. The van der Waals surface area contributed by atoms with Gasteiger partial charge in [0.25, 0.3) is 0 Å². The molecule has 3 aromatic heterocycles. The standard InChI is InChI=1S/C17H16ClN5O2S/c1-25-17(24)15-20-12-3-9-26-14(12)16(21-15)23-7-5-22(6-8-23)13-10-11(18)2-4-19-13/h2-4,9-10H,5-8H2,1H3. The summed E-state index contributed by atoms with van der Waals surface area (Å²) in [5.41, 5.74) is 0.763. The minimum absolute atomic E-state index is 0.0901. The molecule has 3 aromatic rings. The first-order valence-corrected chi connectivity index (χ1v) is 9.36. The normalized spacial score (nSPS) is 14.7. The molecule has 0 radical (unpaired) electrons. The number of esters is 1. The van der Waals surface area contributed by atoms with Gasteiger partial charge in [-0.05, 0) is 23.6 Å². The first-order valence-electron chi connectivity index (χ1n) is 8.11. The zero-order valence-corrected chi connectivity index (χ0v) is 15.6. The number of halogens is 1. The van der Waals surface area contributed by atoms with Crippen LogP contribution in [-0.2, 0) is 4.74 Å². The highest BCUT2D eigenvalue weighted by atomic mass is 35.5. The lowest BCUT2D eigenvalue weighted by Crippen LogP contribution is -2.47. The number of carbonyl (C=O) groups is 1. The zero-order valence-electron chi connectivity index (χ0n) is 14.1. The van der Waals surface area contributed by atoms with Crippen LogP contribution in [0.1, 0.15) is 10.6 Å². The molecular weight excluding hydrogens is 374 g/mol. The predicted octanol–water partition coefficient (Wildman–Crippen LogP) is 2.85. The maximum Gasteiger partial charge on any atom is 0.376 e. The fraction of sp³-hybridized carbons (Fsp3) is 0.294. The lowest BCUT2D eigenvalue weighted by Gasteiger charge is -2.36. The molecule has 134 valence electrons. The van der Waals surface area contributed by atoms with Crippen LogP contribution in [0.2, 0.25) is 5.02 Å². The van der Waals surface area contributed by atoms with E-state index in [0.29, 0.717) is 5.02 Å². The van der Waals surface area contributed by atoms with Crippen molar-refractivity contribution in [2.75, 3.05) is 43.1 Å². The first kappa shape index (κ1) is 17.0. The Hall–Kier alpha value is -2.45. The Morgan fingerprint density at radius 2 is 1.96 bits per heavy atom. The van der Waals surface area contributed by atoms with Crippen LogP contribution in [0.5, 0.6) is 0 Å². The Labute approximate surface area is 159 Å². The van der Waals surface area contributed by atoms with E-state index in [1.165, 1.54) is 7.11 Å². The smallest absolute Gasteiger partial charge is 0.376 e. The van der Waals surface area contributed by atoms with Gasteiger partial charge in [-0.25, -0.2) is 19.7 Å². The predicted molar refractivity (Wildman–Crippen MR) is 102 cm³/mol. The Morgan fingerprint density at radius 1 is 1.19 bits per heavy atom. The van der Waals surface area contributed by atoms with Crippen molar-refractivity contribution < 1.29 is 9.53 Å². The number of aromatic nitrogens is 3. The van der Waals surface area contributed by atoms with Crippen molar-refractivity contribution >= 4 is 50.8 Å². The van der Waals surface area contributed by atoms with E-state index in [1.807, 2.05) is 17.5 Å². The second kappa shape index (κ2) is 7.05. The molecule has 7 nitrogen and oxygen atoms in total. The number of carbonyl (C=O) groups excluding carboxylic acids is 1. The summed E-state index contributed by atoms with van der Waals surface area (Å²) in [4.78, 5) is 29.4. The fourth-order valence-electron chi connectivity index (χ4n) is 2.96. The summed E-state index contributed by atoms with van der Waals surface area (Å²) in [5.74, 6) is 1.22. The van der Waals surface area contributed by atoms with Crippen LogP contribution in [0.25, 0.3) is 10.2 Å². The number of rotatable bonds is 3. The SMILES string of the molecule is COC(=O)c1nc(N2CCN(c3cc(Cl)ccn3)CC2)c2sccc2n1. The van der Waals surface area contributed by atoms with Crippen molar-refractivity contribution in [3.05, 3.63) is 40.6 Å². The summed E-state index contributed by atoms with van der Waals surface area (Å²) in [6.07, 6.45) is 1.71. The van der Waals surface area contributed by atoms with Gasteiger partial charge in [0.1, 0.15) is 5.82 Å². The molecule has 1 fully saturated rings. The Morgan fingerprint density at radius 3 is 2.69 bits per heavy atom. The van der Waals surface area contributed by atoms with E-state index in [0.717, 1.165) is 48.0 Å². The van der Waals surface area contributed by atoms with Gasteiger partial charge in [-0.1, -0.05) is 11.6 Å². The Balaban J connectivity index is 1.59. The molecule has 0 atom stereocenters. The third kappa shape index (κ3) is 3.17. The van der Waals surface area contributed by atoms with Crippen LogP contribution in [0, 0.1) is 0 Å². The van der Waals surface area contributed by atoms with Crippen LogP contribution in [0.4, 0.5) is 11.6 Å². The van der Waals surface area contributed by atoms with Gasteiger partial charge < -0.3 is 14.5 Å². The fourth-order valence-corrected chi connectivity index (χ4v) is 3.96. The minimum Gasteiger partial charge on any atom is -0.463 e. The molecular formula is C17H16ClN5O2S. The summed E-state index contributed by atoms with van der Waals surface area (Å²) in [5, 5.41) is 2.63. The van der Waals surface area contributed by atoms with Gasteiger partial charge in [-0.2, -0.15) is 0 Å². The molecule has 9 heteroatoms. The van der Waals surface area contributed by atoms with E-state index in [9.17, 15) is 4.79 Å². The summed E-state index contributed by atoms with van der Waals surface area (Å²) in [6.45, 7) is 3.10. The lowest BCUT2D eigenvalue weighted by atomic mass is 10.3. The van der Waals surface area contributed by atoms with Crippen LogP contribution in [0.3, 0.4) is 0 Å². The number of anilines is 2. The number of nitrogens with zero attached hydrogens (tertiary/aromatic N) is 5. The third-order valence-corrected chi connectivity index (χ3v) is 5.40. The molecule has 0 N–H and O–H groups in total. The van der Waals surface area contributed by atoms with E-state index < -0.39 is 5.97 Å². The molecule has 0 amide bonds. The molecule has 0 aromatic carbocycles. The Bertz CT molecular complexity index is 955. The highest BCUT2D eigenvalue weighted by Crippen LogP contribution is 2.30. The van der Waals surface area contributed by atoms with Crippen LogP contribution < -0.4 is 9.80 Å². The number of hydrogen-bond donors (Lipinski definition) is 0. The number of pyridine rings is 1. The van der Waals surface area contributed by atoms with Crippen LogP contribution >= 0.6 is 22.9 Å². The van der Waals surface area contributed by atoms with Crippen molar-refractivity contribution in [2.24, 2.45) is 0 Å². The van der Waals surface area contributed by atoms with Gasteiger partial charge in [0.15, 0.2) is 5.82 Å². The van der Waals surface area contributed by atoms with Crippen LogP contribution in [0.15, 0.2) is 29.8 Å². The van der Waals surface area contributed by atoms with Gasteiger partial charge in [-0.15, -0.1) is 11.3 Å². The monoisotopic (exact) mass is 389 g/mol. The van der Waals surface area contributed by atoms with Gasteiger partial charge in [-0.3, -0.25) is 0 Å². The number of fused-ring (bicyclic) bond motifs is 1. The van der Waals surface area contributed by atoms with Gasteiger partial charge in [0, 0.05) is 37.4 Å². The average Bonchev–Trinajstić information content (AvgIpc) is 3.15. The lowest BCUT2D eigenvalue weighted by molar-refractivity contribution is 0.0587. The topological polar surface area (TPSA) is 71.5 Å². The highest BCUT2D eigenvalue weighted by Gasteiger charge is 2.24. The summed E-state index contributed by atoms with van der Waals surface area (Å²) in [7, 11) is 1.33. The van der Waals surface area contributed by atoms with Crippen molar-refractivity contribution in [3.8, 4) is 0 Å². The molecule has 4 rings (SSSR count). The quantitative estimate of drug-likeness (QED) is 0.638. The maximum absolute atomic E-state index is 11.9. The Kier molecular flexibility index (Phi) is 4.60. The van der Waals surface area contributed by atoms with E-state index in [2.05, 4.69) is 24.8 Å². The van der Waals surface area contributed by atoms with Gasteiger partial charge in [0.05, 0.1) is 17.3 Å². The molecule has 4 heterocycles. The van der Waals surface area contributed by atoms with E-state index in [-0.39, 0.29) is 5.82 Å². The number of thiophene rings is 1. The second-order valence-electron chi connectivity index (χ2n) is 5.80. The second-order valence-corrected chi connectivity index (χ2v) is 7.16. The molecule has 1 aliphatic heterocycles. The zero-order chi connectivity index (χ0) is 18.1. The van der Waals surface area contributed by atoms with Crippen LogP contribution in [-0.4, -0.2) is 54.2 Å². The van der Waals surface area contributed by atoms with E-state index in [1.54, 1.807) is 23.6 Å². The van der Waals surface area contributed by atoms with Gasteiger partial charge >= 0.3 is 5.97 Å². The molecule has 0 unspecified atom stereocenters. The minimum atomic E-state index is -0.527. The molecule has 0 bridgehead atoms. The van der Waals surface area contributed by atoms with Crippen molar-refractivity contribution in [1.29, 1.82) is 0 Å². The molecule has 0 spiro atoms. The molecule has 26 heavy (non-hydrogen) atoms. The number of hydrogen-bond acceptors (Lipinski definition) is 8. The van der Waals surface area contributed by atoms with Gasteiger partial charge in [0.2, 0.25) is 5.82 Å². The summed E-state index contributed by atoms with van der Waals surface area (Å²) in [6, 6.07) is 5.53. The van der Waals surface area contributed by atoms with Crippen molar-refractivity contribution in [2.45, 2.75) is 0 Å². The molecule has 1 aliphatic rings. The highest BCUT2D eigenvalue weighted by molar-refractivity contribution is 7.17.